The third-order valence-electron chi connectivity index (χ3n) is 5.26. The number of pyridine rings is 1. The second-order valence-electron chi connectivity index (χ2n) is 9.68. The first-order chi connectivity index (χ1) is 14.4. The average molecular weight is 431 g/mol. The van der Waals surface area contributed by atoms with Gasteiger partial charge in [0.15, 0.2) is 6.10 Å². The van der Waals surface area contributed by atoms with Crippen LogP contribution < -0.4 is 5.32 Å². The highest BCUT2D eigenvalue weighted by molar-refractivity contribution is 5.82. The van der Waals surface area contributed by atoms with Gasteiger partial charge in [0.1, 0.15) is 11.4 Å². The second kappa shape index (κ2) is 8.49. The fourth-order valence-electron chi connectivity index (χ4n) is 3.88. The lowest BCUT2D eigenvalue weighted by atomic mass is 10.0. The van der Waals surface area contributed by atoms with Gasteiger partial charge >= 0.3 is 6.09 Å². The molecule has 1 aliphatic rings. The predicted molar refractivity (Wildman–Crippen MR) is 118 cm³/mol. The van der Waals surface area contributed by atoms with Crippen LogP contribution in [0.15, 0.2) is 18.3 Å². The minimum atomic E-state index is -0.775. The Hall–Kier alpha value is -2.61. The molecule has 1 saturated heterocycles. The van der Waals surface area contributed by atoms with Crippen molar-refractivity contribution in [1.29, 1.82) is 0 Å². The summed E-state index contributed by atoms with van der Waals surface area (Å²) in [6.07, 6.45) is 1.40. The van der Waals surface area contributed by atoms with Crippen LogP contribution in [0.3, 0.4) is 0 Å². The molecule has 1 unspecified atom stereocenters. The topological polar surface area (TPSA) is 85.2 Å². The van der Waals surface area contributed by atoms with Gasteiger partial charge in [-0.25, -0.2) is 9.78 Å². The van der Waals surface area contributed by atoms with E-state index in [0.29, 0.717) is 19.6 Å². The number of fused-ring (bicyclic) bond motifs is 1. The SMILES string of the molecule is Cc1cccn2c(C(C)(C)NC(=O)C3CN(C(=O)OC(C)(C)C)CCCO3)nc(C)c12. The van der Waals surface area contributed by atoms with Gasteiger partial charge in [-0.2, -0.15) is 0 Å². The maximum Gasteiger partial charge on any atom is 0.410 e. The third kappa shape index (κ3) is 5.18. The summed E-state index contributed by atoms with van der Waals surface area (Å²) in [6.45, 7) is 14.4. The van der Waals surface area contributed by atoms with E-state index >= 15 is 0 Å². The molecule has 2 aromatic heterocycles. The molecule has 0 radical (unpaired) electrons. The fraction of sp³-hybridized carbons (Fsp3) is 0.609. The van der Waals surface area contributed by atoms with E-state index in [0.717, 1.165) is 22.6 Å². The number of hydrogen-bond acceptors (Lipinski definition) is 5. The molecule has 0 saturated carbocycles. The number of amides is 2. The van der Waals surface area contributed by atoms with E-state index in [9.17, 15) is 9.59 Å². The number of rotatable bonds is 3. The normalized spacial score (nSPS) is 18.0. The molecule has 2 amide bonds. The molecular formula is C23H34N4O4. The third-order valence-corrected chi connectivity index (χ3v) is 5.26. The lowest BCUT2D eigenvalue weighted by molar-refractivity contribution is -0.134. The lowest BCUT2D eigenvalue weighted by Gasteiger charge is -2.30. The van der Waals surface area contributed by atoms with Gasteiger partial charge in [-0.05, 0) is 66.5 Å². The maximum atomic E-state index is 13.2. The number of ether oxygens (including phenoxy) is 2. The van der Waals surface area contributed by atoms with E-state index < -0.39 is 23.3 Å². The molecular weight excluding hydrogens is 396 g/mol. The number of aryl methyl sites for hydroxylation is 2. The molecule has 1 fully saturated rings. The van der Waals surface area contributed by atoms with E-state index in [1.165, 1.54) is 0 Å². The Labute approximate surface area is 183 Å². The zero-order valence-electron chi connectivity index (χ0n) is 19.6. The number of aromatic nitrogens is 2. The summed E-state index contributed by atoms with van der Waals surface area (Å²) in [4.78, 5) is 32.0. The summed E-state index contributed by atoms with van der Waals surface area (Å²) in [6, 6.07) is 4.02. The molecule has 3 heterocycles. The highest BCUT2D eigenvalue weighted by Gasteiger charge is 2.35. The number of carbonyl (C=O) groups is 2. The van der Waals surface area contributed by atoms with Crippen LogP contribution >= 0.6 is 0 Å². The Bertz CT molecular complexity index is 974. The van der Waals surface area contributed by atoms with Crippen LogP contribution in [-0.4, -0.2) is 57.7 Å². The molecule has 0 bridgehead atoms. The number of carbonyl (C=O) groups excluding carboxylic acids is 2. The summed E-state index contributed by atoms with van der Waals surface area (Å²) < 4.78 is 13.3. The van der Waals surface area contributed by atoms with Crippen molar-refractivity contribution in [3.63, 3.8) is 0 Å². The van der Waals surface area contributed by atoms with E-state index in [2.05, 4.69) is 5.32 Å². The zero-order chi connectivity index (χ0) is 23.0. The average Bonchev–Trinajstić information content (AvgIpc) is 2.84. The first kappa shape index (κ1) is 23.1. The van der Waals surface area contributed by atoms with Crippen LogP contribution in [-0.2, 0) is 19.8 Å². The Morgan fingerprint density at radius 1 is 1.23 bits per heavy atom. The number of nitrogens with one attached hydrogen (secondary N) is 1. The number of hydrogen-bond donors (Lipinski definition) is 1. The smallest absolute Gasteiger partial charge is 0.410 e. The molecule has 170 valence electrons. The number of imidazole rings is 1. The molecule has 1 N–H and O–H groups in total. The molecule has 0 aliphatic carbocycles. The largest absolute Gasteiger partial charge is 0.444 e. The molecule has 0 aromatic carbocycles. The van der Waals surface area contributed by atoms with E-state index in [-0.39, 0.29) is 12.5 Å². The van der Waals surface area contributed by atoms with Crippen molar-refractivity contribution in [2.45, 2.75) is 72.1 Å². The van der Waals surface area contributed by atoms with Crippen LogP contribution in [0.5, 0.6) is 0 Å². The lowest BCUT2D eigenvalue weighted by Crippen LogP contribution is -2.51. The van der Waals surface area contributed by atoms with Crippen molar-refractivity contribution in [2.75, 3.05) is 19.7 Å². The van der Waals surface area contributed by atoms with Gasteiger partial charge in [0.05, 0.1) is 23.3 Å². The Kier molecular flexibility index (Phi) is 6.32. The first-order valence-electron chi connectivity index (χ1n) is 10.8. The fourth-order valence-corrected chi connectivity index (χ4v) is 3.88. The molecule has 31 heavy (non-hydrogen) atoms. The Morgan fingerprint density at radius 2 is 1.94 bits per heavy atom. The molecule has 8 nitrogen and oxygen atoms in total. The number of nitrogens with zero attached hydrogens (tertiary/aromatic N) is 3. The molecule has 1 aliphatic heterocycles. The van der Waals surface area contributed by atoms with Crippen LogP contribution in [0.1, 0.15) is 58.1 Å². The van der Waals surface area contributed by atoms with Crippen LogP contribution in [0.4, 0.5) is 4.79 Å². The van der Waals surface area contributed by atoms with Gasteiger partial charge in [0.2, 0.25) is 0 Å². The van der Waals surface area contributed by atoms with Crippen LogP contribution in [0.2, 0.25) is 0 Å². The zero-order valence-corrected chi connectivity index (χ0v) is 19.6. The minimum Gasteiger partial charge on any atom is -0.444 e. The van der Waals surface area contributed by atoms with Gasteiger partial charge in [0, 0.05) is 19.3 Å². The molecule has 1 atom stereocenters. The minimum absolute atomic E-state index is 0.150. The summed E-state index contributed by atoms with van der Waals surface area (Å²) in [5.74, 6) is 0.470. The summed E-state index contributed by atoms with van der Waals surface area (Å²) >= 11 is 0. The van der Waals surface area contributed by atoms with Crippen molar-refractivity contribution < 1.29 is 19.1 Å². The van der Waals surface area contributed by atoms with E-state index in [4.69, 9.17) is 14.5 Å². The molecule has 0 spiro atoms. The first-order valence-corrected chi connectivity index (χ1v) is 10.8. The molecule has 3 rings (SSSR count). The van der Waals surface area contributed by atoms with Crippen molar-refractivity contribution in [3.05, 3.63) is 35.4 Å². The van der Waals surface area contributed by atoms with Gasteiger partial charge < -0.3 is 24.1 Å². The Morgan fingerprint density at radius 3 is 2.61 bits per heavy atom. The summed E-state index contributed by atoms with van der Waals surface area (Å²) in [5, 5.41) is 3.08. The monoisotopic (exact) mass is 430 g/mol. The van der Waals surface area contributed by atoms with Gasteiger partial charge in [-0.15, -0.1) is 0 Å². The highest BCUT2D eigenvalue weighted by Crippen LogP contribution is 2.25. The highest BCUT2D eigenvalue weighted by atomic mass is 16.6. The van der Waals surface area contributed by atoms with Crippen molar-refractivity contribution >= 4 is 17.5 Å². The quantitative estimate of drug-likeness (QED) is 0.807. The summed E-state index contributed by atoms with van der Waals surface area (Å²) in [5.41, 5.74) is 1.75. The van der Waals surface area contributed by atoms with Gasteiger partial charge in [0.25, 0.3) is 5.91 Å². The second-order valence-corrected chi connectivity index (χ2v) is 9.68. The predicted octanol–water partition coefficient (Wildman–Crippen LogP) is 3.33. The summed E-state index contributed by atoms with van der Waals surface area (Å²) in [7, 11) is 0. The van der Waals surface area contributed by atoms with Crippen molar-refractivity contribution in [2.24, 2.45) is 0 Å². The standard InChI is InChI=1S/C23H34N4O4/c1-15-10-8-12-27-18(15)16(2)24-20(27)23(6,7)25-19(28)17-14-26(11-9-13-30-17)21(29)31-22(3,4)5/h8,10,12,17H,9,11,13-14H2,1-7H3,(H,25,28). The maximum absolute atomic E-state index is 13.2. The van der Waals surface area contributed by atoms with E-state index in [1.54, 1.807) is 4.90 Å². The van der Waals surface area contributed by atoms with Crippen molar-refractivity contribution in [3.8, 4) is 0 Å². The van der Waals surface area contributed by atoms with E-state index in [1.807, 2.05) is 71.2 Å². The Balaban J connectivity index is 1.78. The van der Waals surface area contributed by atoms with Crippen LogP contribution in [0.25, 0.3) is 5.52 Å². The molecule has 2 aromatic rings. The van der Waals surface area contributed by atoms with Gasteiger partial charge in [-0.1, -0.05) is 6.07 Å². The van der Waals surface area contributed by atoms with Crippen molar-refractivity contribution in [1.82, 2.24) is 19.6 Å². The van der Waals surface area contributed by atoms with Gasteiger partial charge in [-0.3, -0.25) is 4.79 Å². The molecule has 8 heteroatoms. The van der Waals surface area contributed by atoms with Crippen LogP contribution in [0, 0.1) is 13.8 Å².